The van der Waals surface area contributed by atoms with E-state index in [2.05, 4.69) is 6.58 Å². The fraction of sp³-hybridized carbons (Fsp3) is 0.450. The maximum atomic E-state index is 13.5. The first-order valence-electron chi connectivity index (χ1n) is 8.93. The van der Waals surface area contributed by atoms with Crippen LogP contribution in [0.2, 0.25) is 0 Å². The fourth-order valence-electron chi connectivity index (χ4n) is 4.06. The van der Waals surface area contributed by atoms with Crippen molar-refractivity contribution in [2.75, 3.05) is 6.54 Å². The predicted molar refractivity (Wildman–Crippen MR) is 96.3 cm³/mol. The minimum atomic E-state index is -1.12. The molecule has 26 heavy (non-hydrogen) atoms. The van der Waals surface area contributed by atoms with Crippen molar-refractivity contribution in [3.8, 4) is 0 Å². The van der Waals surface area contributed by atoms with E-state index in [-0.39, 0.29) is 11.8 Å². The summed E-state index contributed by atoms with van der Waals surface area (Å²) in [5, 5.41) is 9.53. The van der Waals surface area contributed by atoms with Crippen molar-refractivity contribution in [1.82, 2.24) is 9.80 Å². The van der Waals surface area contributed by atoms with Crippen molar-refractivity contribution in [2.24, 2.45) is 0 Å². The van der Waals surface area contributed by atoms with E-state index in [9.17, 15) is 19.5 Å². The number of piperidine rings is 1. The highest BCUT2D eigenvalue weighted by Gasteiger charge is 2.49. The number of carboxylic acids is 1. The van der Waals surface area contributed by atoms with Gasteiger partial charge in [-0.1, -0.05) is 30.8 Å². The summed E-state index contributed by atoms with van der Waals surface area (Å²) in [5.41, 5.74) is 0.895. The predicted octanol–water partition coefficient (Wildman–Crippen LogP) is 1.98. The second-order valence-corrected chi connectivity index (χ2v) is 7.20. The Morgan fingerprint density at radius 1 is 1.23 bits per heavy atom. The maximum absolute atomic E-state index is 13.5. The highest BCUT2D eigenvalue weighted by Crippen LogP contribution is 2.34. The molecule has 1 fully saturated rings. The summed E-state index contributed by atoms with van der Waals surface area (Å²) in [4.78, 5) is 40.6. The third kappa shape index (κ3) is 3.00. The van der Waals surface area contributed by atoms with Crippen molar-refractivity contribution in [1.29, 1.82) is 0 Å². The zero-order valence-corrected chi connectivity index (χ0v) is 15.0. The quantitative estimate of drug-likeness (QED) is 0.840. The summed E-state index contributed by atoms with van der Waals surface area (Å²) in [6.07, 6.45) is 3.59. The Kier molecular flexibility index (Phi) is 4.85. The molecule has 2 amide bonds. The molecule has 2 aliphatic rings. The number of amides is 2. The van der Waals surface area contributed by atoms with Gasteiger partial charge in [0, 0.05) is 19.5 Å². The van der Waals surface area contributed by atoms with Gasteiger partial charge in [0.05, 0.1) is 0 Å². The van der Waals surface area contributed by atoms with Gasteiger partial charge in [-0.3, -0.25) is 9.59 Å². The topological polar surface area (TPSA) is 77.9 Å². The summed E-state index contributed by atoms with van der Waals surface area (Å²) >= 11 is 0. The molecular formula is C20H24N2O4. The molecule has 3 rings (SSSR count). The summed E-state index contributed by atoms with van der Waals surface area (Å²) < 4.78 is 0. The molecule has 0 bridgehead atoms. The molecule has 0 aromatic heterocycles. The smallest absolute Gasteiger partial charge is 0.326 e. The lowest BCUT2D eigenvalue weighted by Crippen LogP contribution is -2.64. The second-order valence-electron chi connectivity index (χ2n) is 7.20. The second kappa shape index (κ2) is 6.94. The molecule has 6 heteroatoms. The van der Waals surface area contributed by atoms with E-state index in [1.165, 1.54) is 15.9 Å². The molecule has 1 N–H and O–H groups in total. The lowest BCUT2D eigenvalue weighted by Gasteiger charge is -2.47. The third-order valence-electron chi connectivity index (χ3n) is 5.53. The number of hydrogen-bond acceptors (Lipinski definition) is 3. The number of carbonyl (C=O) groups excluding carboxylic acids is 2. The van der Waals surface area contributed by atoms with Crippen LogP contribution in [-0.2, 0) is 27.3 Å². The van der Waals surface area contributed by atoms with Gasteiger partial charge < -0.3 is 14.9 Å². The number of fused-ring (bicyclic) bond motifs is 1. The average Bonchev–Trinajstić information content (AvgIpc) is 2.66. The Bertz CT molecular complexity index is 760. The lowest BCUT2D eigenvalue weighted by atomic mass is 9.82. The van der Waals surface area contributed by atoms with Crippen LogP contribution in [0.5, 0.6) is 0 Å². The van der Waals surface area contributed by atoms with E-state index < -0.39 is 17.6 Å². The number of aliphatic carboxylic acids is 1. The van der Waals surface area contributed by atoms with E-state index in [0.29, 0.717) is 25.9 Å². The molecule has 2 heterocycles. The average molecular weight is 356 g/mol. The van der Waals surface area contributed by atoms with E-state index in [0.717, 1.165) is 24.0 Å². The highest BCUT2D eigenvalue weighted by atomic mass is 16.4. The number of carbonyl (C=O) groups is 3. The third-order valence-corrected chi connectivity index (χ3v) is 5.53. The molecule has 1 unspecified atom stereocenters. The van der Waals surface area contributed by atoms with Crippen LogP contribution in [0.4, 0.5) is 0 Å². The van der Waals surface area contributed by atoms with Crippen molar-refractivity contribution in [3.63, 3.8) is 0 Å². The molecule has 138 valence electrons. The maximum Gasteiger partial charge on any atom is 0.326 e. The SMILES string of the molecule is C=CC(=O)N1Cc2ccccc2C[C@]1(C)C(=O)N1CCCCC1C(=O)O. The highest BCUT2D eigenvalue weighted by molar-refractivity contribution is 5.97. The first-order chi connectivity index (χ1) is 12.4. The summed E-state index contributed by atoms with van der Waals surface area (Å²) in [5.74, 6) is -1.60. The van der Waals surface area contributed by atoms with Gasteiger partial charge in [0.2, 0.25) is 11.8 Å². The van der Waals surface area contributed by atoms with Crippen molar-refractivity contribution < 1.29 is 19.5 Å². The standard InChI is InChI=1S/C20H24N2O4/c1-3-17(23)22-13-15-9-5-4-8-14(15)12-20(22,2)19(26)21-11-7-6-10-16(21)18(24)25/h3-5,8-9,16H,1,6-7,10-13H2,2H3,(H,24,25)/t16?,20-/m1/s1. The van der Waals surface area contributed by atoms with Crippen LogP contribution in [0.1, 0.15) is 37.3 Å². The van der Waals surface area contributed by atoms with E-state index >= 15 is 0 Å². The van der Waals surface area contributed by atoms with Gasteiger partial charge in [0.25, 0.3) is 0 Å². The molecule has 2 atom stereocenters. The molecular weight excluding hydrogens is 332 g/mol. The van der Waals surface area contributed by atoms with Crippen LogP contribution in [0.3, 0.4) is 0 Å². The van der Waals surface area contributed by atoms with Gasteiger partial charge in [-0.05, 0) is 43.4 Å². The molecule has 0 aliphatic carbocycles. The Labute approximate surface area is 153 Å². The molecule has 0 spiro atoms. The zero-order valence-electron chi connectivity index (χ0n) is 15.0. The summed E-state index contributed by atoms with van der Waals surface area (Å²) in [6.45, 7) is 6.02. The number of likely N-dealkylation sites (tertiary alicyclic amines) is 1. The van der Waals surface area contributed by atoms with Gasteiger partial charge in [-0.15, -0.1) is 0 Å². The molecule has 1 saturated heterocycles. The zero-order chi connectivity index (χ0) is 18.9. The number of hydrogen-bond donors (Lipinski definition) is 1. The van der Waals surface area contributed by atoms with Crippen LogP contribution in [-0.4, -0.2) is 50.8 Å². The minimum Gasteiger partial charge on any atom is -0.480 e. The molecule has 6 nitrogen and oxygen atoms in total. The first kappa shape index (κ1) is 18.2. The van der Waals surface area contributed by atoms with Gasteiger partial charge >= 0.3 is 5.97 Å². The van der Waals surface area contributed by atoms with E-state index in [1.54, 1.807) is 6.92 Å². The van der Waals surface area contributed by atoms with Crippen molar-refractivity contribution in [3.05, 3.63) is 48.0 Å². The largest absolute Gasteiger partial charge is 0.480 e. The minimum absolute atomic E-state index is 0.297. The van der Waals surface area contributed by atoms with Gasteiger partial charge in [-0.2, -0.15) is 0 Å². The summed E-state index contributed by atoms with van der Waals surface area (Å²) in [6, 6.07) is 6.90. The molecule has 1 aromatic rings. The molecule has 0 radical (unpaired) electrons. The van der Waals surface area contributed by atoms with Crippen LogP contribution >= 0.6 is 0 Å². The summed E-state index contributed by atoms with van der Waals surface area (Å²) in [7, 11) is 0. The Balaban J connectivity index is 2.00. The van der Waals surface area contributed by atoms with Crippen LogP contribution < -0.4 is 0 Å². The van der Waals surface area contributed by atoms with Crippen molar-refractivity contribution >= 4 is 17.8 Å². The number of benzene rings is 1. The molecule has 0 saturated carbocycles. The molecule has 2 aliphatic heterocycles. The lowest BCUT2D eigenvalue weighted by molar-refractivity contribution is -0.161. The van der Waals surface area contributed by atoms with E-state index in [4.69, 9.17) is 0 Å². The van der Waals surface area contributed by atoms with Crippen LogP contribution in [0.25, 0.3) is 0 Å². The van der Waals surface area contributed by atoms with E-state index in [1.807, 2.05) is 24.3 Å². The number of nitrogens with zero attached hydrogens (tertiary/aromatic N) is 2. The fourth-order valence-corrected chi connectivity index (χ4v) is 4.06. The number of rotatable bonds is 3. The van der Waals surface area contributed by atoms with Gasteiger partial charge in [0.15, 0.2) is 0 Å². The van der Waals surface area contributed by atoms with Gasteiger partial charge in [-0.25, -0.2) is 4.79 Å². The normalized spacial score (nSPS) is 25.3. The van der Waals surface area contributed by atoms with Crippen LogP contribution in [0.15, 0.2) is 36.9 Å². The Morgan fingerprint density at radius 3 is 2.58 bits per heavy atom. The Morgan fingerprint density at radius 2 is 1.92 bits per heavy atom. The monoisotopic (exact) mass is 356 g/mol. The Hall–Kier alpha value is -2.63. The number of carboxylic acid groups (broad SMARTS) is 1. The van der Waals surface area contributed by atoms with Gasteiger partial charge in [0.1, 0.15) is 11.6 Å². The first-order valence-corrected chi connectivity index (χ1v) is 8.93. The molecule has 1 aromatic carbocycles. The van der Waals surface area contributed by atoms with Crippen LogP contribution in [0, 0.1) is 0 Å². The van der Waals surface area contributed by atoms with Crippen molar-refractivity contribution in [2.45, 2.75) is 50.7 Å².